The van der Waals surface area contributed by atoms with Gasteiger partial charge in [0, 0.05) is 13.2 Å². The maximum atomic E-state index is 5.73. The van der Waals surface area contributed by atoms with Crippen LogP contribution in [0.1, 0.15) is 24.8 Å². The van der Waals surface area contributed by atoms with Crippen molar-refractivity contribution in [1.82, 2.24) is 5.32 Å². The molecule has 0 saturated carbocycles. The first-order valence-corrected chi connectivity index (χ1v) is 6.36. The molecule has 1 aliphatic heterocycles. The second-order valence-corrected chi connectivity index (χ2v) is 4.47. The Morgan fingerprint density at radius 3 is 2.76 bits per heavy atom. The average Bonchev–Trinajstić information content (AvgIpc) is 2.40. The first kappa shape index (κ1) is 12.4. The van der Waals surface area contributed by atoms with Gasteiger partial charge in [-0.15, -0.1) is 0 Å². The van der Waals surface area contributed by atoms with Crippen LogP contribution in [0.4, 0.5) is 0 Å². The van der Waals surface area contributed by atoms with Crippen molar-refractivity contribution < 1.29 is 9.47 Å². The van der Waals surface area contributed by atoms with E-state index in [4.69, 9.17) is 9.47 Å². The van der Waals surface area contributed by atoms with E-state index in [0.29, 0.717) is 6.61 Å². The van der Waals surface area contributed by atoms with Crippen LogP contribution in [0.15, 0.2) is 24.3 Å². The van der Waals surface area contributed by atoms with Crippen LogP contribution in [0, 0.1) is 0 Å². The van der Waals surface area contributed by atoms with Gasteiger partial charge in [-0.2, -0.15) is 0 Å². The number of benzene rings is 1. The number of rotatable bonds is 5. The number of hydrogen-bond donors (Lipinski definition) is 1. The number of nitrogens with one attached hydrogen (secondary N) is 1. The highest BCUT2D eigenvalue weighted by Gasteiger charge is 2.14. The third-order valence-electron chi connectivity index (χ3n) is 3.01. The molecule has 1 fully saturated rings. The second-order valence-electron chi connectivity index (χ2n) is 4.47. The normalized spacial score (nSPS) is 20.2. The zero-order valence-corrected chi connectivity index (χ0v) is 10.4. The summed E-state index contributed by atoms with van der Waals surface area (Å²) < 4.78 is 11.4. The van der Waals surface area contributed by atoms with Gasteiger partial charge in [0.2, 0.25) is 0 Å². The molecule has 2 rings (SSSR count). The molecule has 0 spiro atoms. The van der Waals surface area contributed by atoms with Crippen molar-refractivity contribution in [2.75, 3.05) is 20.3 Å². The molecule has 3 nitrogen and oxygen atoms in total. The van der Waals surface area contributed by atoms with Crippen molar-refractivity contribution in [3.8, 4) is 5.75 Å². The average molecular weight is 235 g/mol. The van der Waals surface area contributed by atoms with Crippen LogP contribution in [-0.2, 0) is 11.3 Å². The Morgan fingerprint density at radius 1 is 1.29 bits per heavy atom. The highest BCUT2D eigenvalue weighted by Crippen LogP contribution is 2.16. The highest BCUT2D eigenvalue weighted by atomic mass is 16.5. The molecule has 0 bridgehead atoms. The van der Waals surface area contributed by atoms with Crippen LogP contribution >= 0.6 is 0 Å². The fourth-order valence-corrected chi connectivity index (χ4v) is 2.04. The van der Waals surface area contributed by atoms with Gasteiger partial charge in [0.1, 0.15) is 12.4 Å². The minimum atomic E-state index is 0.278. The molecule has 1 N–H and O–H groups in total. The molecule has 0 amide bonds. The van der Waals surface area contributed by atoms with Crippen molar-refractivity contribution in [2.45, 2.75) is 31.9 Å². The molecule has 17 heavy (non-hydrogen) atoms. The molecule has 0 aromatic heterocycles. The summed E-state index contributed by atoms with van der Waals surface area (Å²) in [6.07, 6.45) is 3.85. The fraction of sp³-hybridized carbons (Fsp3) is 0.571. The third-order valence-corrected chi connectivity index (χ3v) is 3.01. The lowest BCUT2D eigenvalue weighted by Gasteiger charge is -2.22. The van der Waals surface area contributed by atoms with Gasteiger partial charge in [0.05, 0.1) is 6.10 Å². The lowest BCUT2D eigenvalue weighted by Crippen LogP contribution is -2.25. The Kier molecular flexibility index (Phi) is 4.83. The first-order valence-electron chi connectivity index (χ1n) is 6.36. The van der Waals surface area contributed by atoms with Gasteiger partial charge in [-0.25, -0.2) is 0 Å². The third kappa shape index (κ3) is 4.02. The van der Waals surface area contributed by atoms with Gasteiger partial charge in [0.15, 0.2) is 0 Å². The smallest absolute Gasteiger partial charge is 0.119 e. The SMILES string of the molecule is CNCc1ccc(OCC2CCCCO2)cc1. The van der Waals surface area contributed by atoms with E-state index in [1.54, 1.807) is 0 Å². The van der Waals surface area contributed by atoms with E-state index in [9.17, 15) is 0 Å². The quantitative estimate of drug-likeness (QED) is 0.850. The maximum absolute atomic E-state index is 5.73. The summed E-state index contributed by atoms with van der Waals surface area (Å²) in [7, 11) is 1.95. The van der Waals surface area contributed by atoms with E-state index in [-0.39, 0.29) is 6.10 Å². The largest absolute Gasteiger partial charge is 0.491 e. The Labute approximate surface area is 103 Å². The molecule has 94 valence electrons. The summed E-state index contributed by atoms with van der Waals surface area (Å²) in [4.78, 5) is 0. The van der Waals surface area contributed by atoms with Crippen LogP contribution in [0.5, 0.6) is 5.75 Å². The summed E-state index contributed by atoms with van der Waals surface area (Å²) in [5, 5.41) is 3.13. The van der Waals surface area contributed by atoms with Crippen molar-refractivity contribution >= 4 is 0 Å². The van der Waals surface area contributed by atoms with Gasteiger partial charge in [-0.3, -0.25) is 0 Å². The van der Waals surface area contributed by atoms with Crippen LogP contribution in [-0.4, -0.2) is 26.4 Å². The minimum Gasteiger partial charge on any atom is -0.491 e. The van der Waals surface area contributed by atoms with Crippen molar-refractivity contribution in [3.63, 3.8) is 0 Å². The molecule has 0 radical (unpaired) electrons. The molecular formula is C14H21NO2. The number of hydrogen-bond acceptors (Lipinski definition) is 3. The minimum absolute atomic E-state index is 0.278. The Hall–Kier alpha value is -1.06. The highest BCUT2D eigenvalue weighted by molar-refractivity contribution is 5.27. The number of ether oxygens (including phenoxy) is 2. The van der Waals surface area contributed by atoms with Crippen molar-refractivity contribution in [1.29, 1.82) is 0 Å². The second kappa shape index (κ2) is 6.62. The van der Waals surface area contributed by atoms with E-state index < -0.39 is 0 Å². The molecule has 1 saturated heterocycles. The first-order chi connectivity index (χ1) is 8.38. The topological polar surface area (TPSA) is 30.5 Å². The van der Waals surface area contributed by atoms with E-state index >= 15 is 0 Å². The zero-order chi connectivity index (χ0) is 11.9. The van der Waals surface area contributed by atoms with Crippen LogP contribution < -0.4 is 10.1 Å². The lowest BCUT2D eigenvalue weighted by molar-refractivity contribution is -0.0110. The van der Waals surface area contributed by atoms with Crippen LogP contribution in [0.25, 0.3) is 0 Å². The molecule has 1 heterocycles. The van der Waals surface area contributed by atoms with E-state index in [1.165, 1.54) is 18.4 Å². The molecule has 0 aliphatic carbocycles. The Bertz CT molecular complexity index is 317. The van der Waals surface area contributed by atoms with Gasteiger partial charge in [-0.05, 0) is 44.0 Å². The summed E-state index contributed by atoms with van der Waals surface area (Å²) >= 11 is 0. The Balaban J connectivity index is 1.77. The standard InChI is InChI=1S/C14H21NO2/c1-15-10-12-5-7-13(8-6-12)17-11-14-4-2-3-9-16-14/h5-8,14-15H,2-4,9-11H2,1H3. The molecule has 1 aromatic rings. The zero-order valence-electron chi connectivity index (χ0n) is 10.4. The van der Waals surface area contributed by atoms with Crippen molar-refractivity contribution in [2.24, 2.45) is 0 Å². The lowest BCUT2D eigenvalue weighted by atomic mass is 10.1. The van der Waals surface area contributed by atoms with Gasteiger partial charge in [0.25, 0.3) is 0 Å². The summed E-state index contributed by atoms with van der Waals surface area (Å²) in [6, 6.07) is 8.23. The monoisotopic (exact) mass is 235 g/mol. The molecule has 1 unspecified atom stereocenters. The predicted octanol–water partition coefficient (Wildman–Crippen LogP) is 2.35. The summed E-state index contributed by atoms with van der Waals surface area (Å²) in [6.45, 7) is 2.45. The van der Waals surface area contributed by atoms with Gasteiger partial charge in [-0.1, -0.05) is 12.1 Å². The maximum Gasteiger partial charge on any atom is 0.119 e. The summed E-state index contributed by atoms with van der Waals surface area (Å²) in [5.74, 6) is 0.930. The Morgan fingerprint density at radius 2 is 2.12 bits per heavy atom. The molecular weight excluding hydrogens is 214 g/mol. The fourth-order valence-electron chi connectivity index (χ4n) is 2.04. The predicted molar refractivity (Wildman–Crippen MR) is 68.3 cm³/mol. The van der Waals surface area contributed by atoms with Crippen LogP contribution in [0.3, 0.4) is 0 Å². The summed E-state index contributed by atoms with van der Waals surface area (Å²) in [5.41, 5.74) is 1.27. The van der Waals surface area contributed by atoms with E-state index in [0.717, 1.165) is 25.3 Å². The van der Waals surface area contributed by atoms with E-state index in [1.807, 2.05) is 19.2 Å². The molecule has 1 atom stereocenters. The van der Waals surface area contributed by atoms with Crippen LogP contribution in [0.2, 0.25) is 0 Å². The van der Waals surface area contributed by atoms with E-state index in [2.05, 4.69) is 17.4 Å². The molecule has 3 heteroatoms. The van der Waals surface area contributed by atoms with Gasteiger partial charge < -0.3 is 14.8 Å². The molecule has 1 aliphatic rings. The van der Waals surface area contributed by atoms with Crippen molar-refractivity contribution in [3.05, 3.63) is 29.8 Å². The van der Waals surface area contributed by atoms with Gasteiger partial charge >= 0.3 is 0 Å². The molecule has 1 aromatic carbocycles.